The summed E-state index contributed by atoms with van der Waals surface area (Å²) >= 11 is 0. The van der Waals surface area contributed by atoms with E-state index in [4.69, 9.17) is 18.9 Å². The molecule has 366 valence electrons. The van der Waals surface area contributed by atoms with Crippen molar-refractivity contribution in [3.05, 3.63) is 64.8 Å². The summed E-state index contributed by atoms with van der Waals surface area (Å²) in [6, 6.07) is 5.99. The number of piperidine rings is 1. The molecule has 14 atom stereocenters. The van der Waals surface area contributed by atoms with Crippen LogP contribution in [0.5, 0.6) is 0 Å². The van der Waals surface area contributed by atoms with Gasteiger partial charge in [0.05, 0.1) is 24.4 Å². The molecule has 14 heteroatoms. The van der Waals surface area contributed by atoms with Crippen LogP contribution < -0.4 is 0 Å². The van der Waals surface area contributed by atoms with E-state index in [1.807, 2.05) is 50.3 Å². The number of esters is 1. The molecule has 2 saturated heterocycles. The zero-order chi connectivity index (χ0) is 48.5. The molecule has 3 heterocycles. The van der Waals surface area contributed by atoms with Crippen molar-refractivity contribution in [3.63, 3.8) is 0 Å². The summed E-state index contributed by atoms with van der Waals surface area (Å²) in [5.74, 6) is -8.14. The summed E-state index contributed by atoms with van der Waals surface area (Å²) in [5.41, 5.74) is 2.54. The number of carbonyl (C=O) groups excluding carboxylic acids is 5. The Labute approximate surface area is 390 Å². The highest BCUT2D eigenvalue weighted by Crippen LogP contribution is 2.39. The Balaban J connectivity index is 1.55. The first-order valence-corrected chi connectivity index (χ1v) is 24.0. The molecule has 1 amide bonds. The molecule has 1 aliphatic carbocycles. The molecule has 0 radical (unpaired) electrons. The second kappa shape index (κ2) is 23.9. The number of cyclic esters (lactones) is 1. The maximum Gasteiger partial charge on any atom is 0.329 e. The Hall–Kier alpha value is -3.89. The summed E-state index contributed by atoms with van der Waals surface area (Å²) in [4.78, 5) is 70.6. The second-order valence-corrected chi connectivity index (χ2v) is 19.7. The molecular formula is C52H75NO13. The van der Waals surface area contributed by atoms with Crippen molar-refractivity contribution < 1.29 is 63.3 Å². The number of fused-ring (bicyclic) bond motifs is 3. The second-order valence-electron chi connectivity index (χ2n) is 19.7. The van der Waals surface area contributed by atoms with E-state index in [-0.39, 0.29) is 74.1 Å². The van der Waals surface area contributed by atoms with E-state index in [1.54, 1.807) is 32.9 Å². The molecule has 1 saturated carbocycles. The molecule has 2 bridgehead atoms. The van der Waals surface area contributed by atoms with Gasteiger partial charge in [-0.3, -0.25) is 19.2 Å². The number of carbonyl (C=O) groups is 5. The van der Waals surface area contributed by atoms with Crippen LogP contribution in [0.2, 0.25) is 0 Å². The predicted molar refractivity (Wildman–Crippen MR) is 248 cm³/mol. The number of ether oxygens (including phenoxy) is 4. The molecule has 0 spiro atoms. The quantitative estimate of drug-likeness (QED) is 0.0978. The summed E-state index contributed by atoms with van der Waals surface area (Å²) in [6.45, 7) is 10.5. The number of hydrogen-bond donors (Lipinski definition) is 4. The Morgan fingerprint density at radius 1 is 0.894 bits per heavy atom. The number of aliphatic hydroxyl groups is 4. The Morgan fingerprint density at radius 2 is 1.58 bits per heavy atom. The van der Waals surface area contributed by atoms with Crippen LogP contribution in [0.3, 0.4) is 0 Å². The lowest BCUT2D eigenvalue weighted by atomic mass is 9.78. The van der Waals surface area contributed by atoms with Crippen molar-refractivity contribution in [3.8, 4) is 0 Å². The third-order valence-electron chi connectivity index (χ3n) is 14.6. The molecule has 3 aliphatic heterocycles. The number of hydrogen-bond acceptors (Lipinski definition) is 13. The highest BCUT2D eigenvalue weighted by Gasteiger charge is 2.56. The molecule has 0 aromatic heterocycles. The lowest BCUT2D eigenvalue weighted by molar-refractivity contribution is -0.302. The van der Waals surface area contributed by atoms with E-state index in [9.17, 15) is 44.4 Å². The van der Waals surface area contributed by atoms with Gasteiger partial charge in [-0.15, -0.1) is 0 Å². The Bertz CT molecular complexity index is 1940. The van der Waals surface area contributed by atoms with Gasteiger partial charge in [0.1, 0.15) is 18.2 Å². The minimum absolute atomic E-state index is 0.0219. The van der Waals surface area contributed by atoms with Crippen LogP contribution in [0, 0.1) is 35.5 Å². The monoisotopic (exact) mass is 922 g/mol. The number of rotatable bonds is 9. The van der Waals surface area contributed by atoms with Gasteiger partial charge in [0, 0.05) is 57.1 Å². The highest BCUT2D eigenvalue weighted by molar-refractivity contribution is 6.39. The van der Waals surface area contributed by atoms with Crippen LogP contribution in [0.1, 0.15) is 128 Å². The normalized spacial score (nSPS) is 37.1. The van der Waals surface area contributed by atoms with Crippen molar-refractivity contribution in [1.82, 2.24) is 4.90 Å². The van der Waals surface area contributed by atoms with Crippen LogP contribution in [-0.2, 0) is 38.1 Å². The minimum Gasteiger partial charge on any atom is -0.456 e. The first kappa shape index (κ1) is 53.1. The molecule has 14 nitrogen and oxygen atoms in total. The van der Waals surface area contributed by atoms with Gasteiger partial charge in [0.15, 0.2) is 11.6 Å². The number of methoxy groups -OCH3 is 2. The van der Waals surface area contributed by atoms with Crippen LogP contribution in [0.4, 0.5) is 0 Å². The number of Topliss-reactive ketones (excluding diaryl/α,β-unsaturated/α-hetero) is 3. The first-order chi connectivity index (χ1) is 31.3. The molecule has 1 aromatic rings. The number of allylic oxidation sites excluding steroid dienone is 4. The van der Waals surface area contributed by atoms with Crippen molar-refractivity contribution in [2.75, 3.05) is 27.4 Å². The Morgan fingerprint density at radius 3 is 2.23 bits per heavy atom. The zero-order valence-corrected chi connectivity index (χ0v) is 40.2. The van der Waals surface area contributed by atoms with Gasteiger partial charge in [-0.2, -0.15) is 0 Å². The van der Waals surface area contributed by atoms with Crippen molar-refractivity contribution >= 4 is 35.3 Å². The van der Waals surface area contributed by atoms with Gasteiger partial charge >= 0.3 is 5.97 Å². The largest absolute Gasteiger partial charge is 0.456 e. The molecular weight excluding hydrogens is 847 g/mol. The van der Waals surface area contributed by atoms with Gasteiger partial charge in [0.2, 0.25) is 5.79 Å². The van der Waals surface area contributed by atoms with E-state index in [0.29, 0.717) is 61.7 Å². The molecule has 3 fully saturated rings. The van der Waals surface area contributed by atoms with Gasteiger partial charge in [-0.25, -0.2) is 4.79 Å². The fourth-order valence-corrected chi connectivity index (χ4v) is 10.5. The molecule has 2 unspecified atom stereocenters. The van der Waals surface area contributed by atoms with E-state index in [1.165, 1.54) is 21.1 Å². The smallest absolute Gasteiger partial charge is 0.329 e. The third kappa shape index (κ3) is 13.0. The molecule has 4 N–H and O–H groups in total. The summed E-state index contributed by atoms with van der Waals surface area (Å²) < 4.78 is 24.4. The summed E-state index contributed by atoms with van der Waals surface area (Å²) in [5, 5.41) is 44.6. The SMILES string of the molecule is CO[C@H]1C[C@@H](C)CC(C)/C=C(\CC=Cc2ccc(C(C)=O)cc2)C(=O)C[C@H](O)[C@@H](C)[C@@H](C(C)=C[C@@H]2CC[C@@H](O)[C@H](CO)C2)OC(=O)C2CCCCN2C(=O)C(=O)[C@]2(O)O[C@H]1[C@@H](OC)C[C@H]2C. The highest BCUT2D eigenvalue weighted by atomic mass is 16.7. The van der Waals surface area contributed by atoms with Crippen LogP contribution in [0.25, 0.3) is 6.08 Å². The third-order valence-corrected chi connectivity index (χ3v) is 14.6. The number of benzene rings is 1. The average molecular weight is 922 g/mol. The number of aliphatic hydroxyl groups excluding tert-OH is 3. The fraction of sp³-hybridized carbons (Fsp3) is 0.673. The predicted octanol–water partition coefficient (Wildman–Crippen LogP) is 5.96. The van der Waals surface area contributed by atoms with Gasteiger partial charge in [-0.1, -0.05) is 76.3 Å². The molecule has 4 aliphatic rings. The number of amides is 1. The van der Waals surface area contributed by atoms with Crippen molar-refractivity contribution in [1.29, 1.82) is 0 Å². The lowest BCUT2D eigenvalue weighted by Gasteiger charge is -2.47. The fourth-order valence-electron chi connectivity index (χ4n) is 10.5. The van der Waals surface area contributed by atoms with Crippen LogP contribution in [0.15, 0.2) is 53.6 Å². The maximum atomic E-state index is 14.5. The van der Waals surface area contributed by atoms with Crippen LogP contribution >= 0.6 is 0 Å². The average Bonchev–Trinajstić information content (AvgIpc) is 3.29. The first-order valence-electron chi connectivity index (χ1n) is 24.0. The molecule has 66 heavy (non-hydrogen) atoms. The van der Waals surface area contributed by atoms with Gasteiger partial charge in [-0.05, 0) is 113 Å². The Kier molecular flexibility index (Phi) is 19.2. The molecule has 5 rings (SSSR count). The van der Waals surface area contributed by atoms with E-state index >= 15 is 0 Å². The lowest BCUT2D eigenvalue weighted by Crippen LogP contribution is -2.64. The topological polar surface area (TPSA) is 206 Å². The van der Waals surface area contributed by atoms with Crippen molar-refractivity contribution in [2.24, 2.45) is 35.5 Å². The number of nitrogens with zero attached hydrogens (tertiary/aromatic N) is 1. The molecule has 1 aromatic carbocycles. The van der Waals surface area contributed by atoms with Gasteiger partial charge in [0.25, 0.3) is 11.7 Å². The standard InChI is InChI=1S/C52H75NO13/c1-30-22-31(2)24-45(63-7)48-46(64-8)26-33(4)52(62,66-48)49(59)50(60)53-21-10-9-14-41(53)51(61)65-47(32(3)25-37-17-20-42(56)40(27-37)29-54)34(5)43(57)28-44(58)39(23-30)13-11-12-36-15-18-38(19-16-36)35(6)55/h11-12,15-16,18-19,23,25,30-31,33-34,37,40-43,45-48,54,56-57,62H,9-10,13-14,17,20-22,24,26-29H2,1-8H3/b12-11?,32-25?,39-23+/t30?,31-,33+,34+,37-,40-,41?,42+,43-,45-,46-,47+,48+,52+/m0/s1. The summed E-state index contributed by atoms with van der Waals surface area (Å²) in [6.07, 6.45) is 6.54. The van der Waals surface area contributed by atoms with Crippen LogP contribution in [-0.4, -0.2) is 130 Å². The van der Waals surface area contributed by atoms with E-state index < -0.39 is 77.9 Å². The maximum absolute atomic E-state index is 14.5. The van der Waals surface area contributed by atoms with E-state index in [0.717, 1.165) is 10.5 Å². The zero-order valence-electron chi connectivity index (χ0n) is 40.2. The van der Waals surface area contributed by atoms with Gasteiger partial charge < -0.3 is 44.3 Å². The minimum atomic E-state index is -2.55. The van der Waals surface area contributed by atoms with Crippen molar-refractivity contribution in [2.45, 2.75) is 161 Å². The number of ketones is 3. The van der Waals surface area contributed by atoms with E-state index in [2.05, 4.69) is 0 Å². The summed E-state index contributed by atoms with van der Waals surface area (Å²) in [7, 11) is 3.04.